The van der Waals surface area contributed by atoms with Crippen LogP contribution in [0.15, 0.2) is 36.4 Å². The van der Waals surface area contributed by atoms with E-state index in [2.05, 4.69) is 5.32 Å². The number of ether oxygens (including phenoxy) is 1. The molecule has 0 bridgehead atoms. The molecule has 0 unspecified atom stereocenters. The molecule has 2 aromatic carbocycles. The van der Waals surface area contributed by atoms with Gasteiger partial charge >= 0.3 is 0 Å². The van der Waals surface area contributed by atoms with Gasteiger partial charge in [-0.25, -0.2) is 8.78 Å². The molecule has 0 aromatic heterocycles. The van der Waals surface area contributed by atoms with Crippen molar-refractivity contribution in [1.82, 2.24) is 0 Å². The highest BCUT2D eigenvalue weighted by molar-refractivity contribution is 6.06. The number of rotatable bonds is 3. The smallest absolute Gasteiger partial charge is 0.259 e. The van der Waals surface area contributed by atoms with Crippen LogP contribution >= 0.6 is 0 Å². The van der Waals surface area contributed by atoms with Crippen LogP contribution in [0.4, 0.5) is 14.5 Å². The SMILES string of the molecule is COc1ccc(C(=O)Nc2cc(F)cc(F)c2)c(O)c1. The van der Waals surface area contributed by atoms with E-state index in [4.69, 9.17) is 4.74 Å². The van der Waals surface area contributed by atoms with Crippen LogP contribution in [0.3, 0.4) is 0 Å². The zero-order chi connectivity index (χ0) is 14.7. The Morgan fingerprint density at radius 1 is 1.15 bits per heavy atom. The van der Waals surface area contributed by atoms with Crippen molar-refractivity contribution >= 4 is 11.6 Å². The van der Waals surface area contributed by atoms with E-state index in [1.54, 1.807) is 0 Å². The maximum absolute atomic E-state index is 13.0. The van der Waals surface area contributed by atoms with Crippen molar-refractivity contribution in [1.29, 1.82) is 0 Å². The van der Waals surface area contributed by atoms with Gasteiger partial charge in [-0.2, -0.15) is 0 Å². The molecule has 104 valence electrons. The van der Waals surface area contributed by atoms with Crippen molar-refractivity contribution in [3.63, 3.8) is 0 Å². The highest BCUT2D eigenvalue weighted by Gasteiger charge is 2.13. The third kappa shape index (κ3) is 3.03. The van der Waals surface area contributed by atoms with E-state index in [9.17, 15) is 18.7 Å². The van der Waals surface area contributed by atoms with Crippen LogP contribution in [0.2, 0.25) is 0 Å². The molecule has 2 rings (SSSR count). The van der Waals surface area contributed by atoms with Gasteiger partial charge in [-0.3, -0.25) is 4.79 Å². The third-order valence-electron chi connectivity index (χ3n) is 2.57. The first-order chi connectivity index (χ1) is 9.49. The summed E-state index contributed by atoms with van der Waals surface area (Å²) >= 11 is 0. The summed E-state index contributed by atoms with van der Waals surface area (Å²) in [7, 11) is 1.42. The van der Waals surface area contributed by atoms with E-state index in [-0.39, 0.29) is 17.0 Å². The molecule has 0 spiro atoms. The fourth-order valence-electron chi connectivity index (χ4n) is 1.65. The summed E-state index contributed by atoms with van der Waals surface area (Å²) < 4.78 is 30.9. The van der Waals surface area contributed by atoms with Crippen LogP contribution in [0.5, 0.6) is 11.5 Å². The summed E-state index contributed by atoms with van der Waals surface area (Å²) in [4.78, 5) is 11.9. The zero-order valence-corrected chi connectivity index (χ0v) is 10.5. The quantitative estimate of drug-likeness (QED) is 0.908. The Labute approximate surface area is 113 Å². The second kappa shape index (κ2) is 5.56. The van der Waals surface area contributed by atoms with Crippen LogP contribution in [0.25, 0.3) is 0 Å². The number of aromatic hydroxyl groups is 1. The fourth-order valence-corrected chi connectivity index (χ4v) is 1.65. The highest BCUT2D eigenvalue weighted by Crippen LogP contribution is 2.24. The van der Waals surface area contributed by atoms with Gasteiger partial charge in [0.15, 0.2) is 0 Å². The topological polar surface area (TPSA) is 58.6 Å². The number of benzene rings is 2. The minimum absolute atomic E-state index is 0.0320. The molecule has 0 aliphatic rings. The summed E-state index contributed by atoms with van der Waals surface area (Å²) in [5.41, 5.74) is -0.0711. The van der Waals surface area contributed by atoms with E-state index in [1.807, 2.05) is 0 Å². The lowest BCUT2D eigenvalue weighted by Gasteiger charge is -2.08. The Kier molecular flexibility index (Phi) is 3.84. The average Bonchev–Trinajstić information content (AvgIpc) is 2.36. The number of hydrogen-bond acceptors (Lipinski definition) is 3. The number of halogens is 2. The molecule has 2 aromatic rings. The van der Waals surface area contributed by atoms with Gasteiger partial charge in [0.2, 0.25) is 0 Å². The first-order valence-electron chi connectivity index (χ1n) is 5.64. The molecule has 0 aliphatic carbocycles. The van der Waals surface area contributed by atoms with Crippen molar-refractivity contribution in [2.24, 2.45) is 0 Å². The lowest BCUT2D eigenvalue weighted by atomic mass is 10.1. The Balaban J connectivity index is 2.23. The maximum Gasteiger partial charge on any atom is 0.259 e. The number of phenolic OH excluding ortho intramolecular Hbond substituents is 1. The zero-order valence-electron chi connectivity index (χ0n) is 10.5. The summed E-state index contributed by atoms with van der Waals surface area (Å²) in [6.07, 6.45) is 0. The number of carbonyl (C=O) groups excluding carboxylic acids is 1. The molecular formula is C14H11F2NO3. The molecule has 0 fully saturated rings. The van der Waals surface area contributed by atoms with E-state index < -0.39 is 17.5 Å². The normalized spacial score (nSPS) is 10.2. The highest BCUT2D eigenvalue weighted by atomic mass is 19.1. The number of methoxy groups -OCH3 is 1. The molecule has 0 aliphatic heterocycles. The minimum Gasteiger partial charge on any atom is -0.507 e. The number of amides is 1. The van der Waals surface area contributed by atoms with Crippen LogP contribution in [0, 0.1) is 11.6 Å². The van der Waals surface area contributed by atoms with E-state index in [1.165, 1.54) is 25.3 Å². The summed E-state index contributed by atoms with van der Waals surface area (Å²) in [6, 6.07) is 6.74. The molecule has 1 amide bonds. The van der Waals surface area contributed by atoms with E-state index in [0.717, 1.165) is 12.1 Å². The van der Waals surface area contributed by atoms with Crippen LogP contribution in [-0.2, 0) is 0 Å². The molecule has 0 heterocycles. The second-order valence-electron chi connectivity index (χ2n) is 4.00. The summed E-state index contributed by atoms with van der Waals surface area (Å²) in [5.74, 6) is -2.21. The summed E-state index contributed by atoms with van der Waals surface area (Å²) in [5, 5.41) is 12.0. The van der Waals surface area contributed by atoms with Crippen molar-refractivity contribution in [2.75, 3.05) is 12.4 Å². The molecule has 0 atom stereocenters. The van der Waals surface area contributed by atoms with E-state index in [0.29, 0.717) is 11.8 Å². The lowest BCUT2D eigenvalue weighted by molar-refractivity contribution is 0.102. The van der Waals surface area contributed by atoms with Gasteiger partial charge in [0, 0.05) is 17.8 Å². The predicted molar refractivity (Wildman–Crippen MR) is 69.0 cm³/mol. The Morgan fingerprint density at radius 2 is 1.80 bits per heavy atom. The van der Waals surface area contributed by atoms with Crippen molar-refractivity contribution in [3.8, 4) is 11.5 Å². The van der Waals surface area contributed by atoms with E-state index >= 15 is 0 Å². The van der Waals surface area contributed by atoms with Crippen LogP contribution in [-0.4, -0.2) is 18.1 Å². The second-order valence-corrected chi connectivity index (χ2v) is 4.00. The van der Waals surface area contributed by atoms with Gasteiger partial charge in [-0.15, -0.1) is 0 Å². The predicted octanol–water partition coefficient (Wildman–Crippen LogP) is 2.93. The Hall–Kier alpha value is -2.63. The Morgan fingerprint density at radius 3 is 2.35 bits per heavy atom. The molecule has 0 saturated heterocycles. The molecule has 6 heteroatoms. The Bertz CT molecular complexity index is 639. The van der Waals surface area contributed by atoms with Crippen LogP contribution < -0.4 is 10.1 Å². The minimum atomic E-state index is -0.806. The van der Waals surface area contributed by atoms with Gasteiger partial charge < -0.3 is 15.2 Å². The molecule has 0 saturated carbocycles. The fraction of sp³-hybridized carbons (Fsp3) is 0.0714. The largest absolute Gasteiger partial charge is 0.507 e. The van der Waals surface area contributed by atoms with Crippen molar-refractivity contribution in [3.05, 3.63) is 53.6 Å². The number of anilines is 1. The molecular weight excluding hydrogens is 268 g/mol. The molecule has 0 radical (unpaired) electrons. The monoisotopic (exact) mass is 279 g/mol. The molecule has 2 N–H and O–H groups in total. The average molecular weight is 279 g/mol. The van der Waals surface area contributed by atoms with Gasteiger partial charge in [0.1, 0.15) is 23.1 Å². The van der Waals surface area contributed by atoms with Crippen molar-refractivity contribution < 1.29 is 23.4 Å². The maximum atomic E-state index is 13.0. The summed E-state index contributed by atoms with van der Waals surface area (Å²) in [6.45, 7) is 0. The third-order valence-corrected chi connectivity index (χ3v) is 2.57. The first kappa shape index (κ1) is 13.8. The van der Waals surface area contributed by atoms with Gasteiger partial charge in [-0.05, 0) is 24.3 Å². The number of nitrogens with one attached hydrogen (secondary N) is 1. The molecule has 4 nitrogen and oxygen atoms in total. The van der Waals surface area contributed by atoms with Crippen LogP contribution in [0.1, 0.15) is 10.4 Å². The van der Waals surface area contributed by atoms with Gasteiger partial charge in [0.05, 0.1) is 12.7 Å². The standard InChI is InChI=1S/C14H11F2NO3/c1-20-11-2-3-12(13(18)7-11)14(19)17-10-5-8(15)4-9(16)6-10/h2-7,18H,1H3,(H,17,19). The van der Waals surface area contributed by atoms with Gasteiger partial charge in [0.25, 0.3) is 5.91 Å². The number of phenols is 1. The molecule has 20 heavy (non-hydrogen) atoms. The van der Waals surface area contributed by atoms with Gasteiger partial charge in [-0.1, -0.05) is 0 Å². The number of hydrogen-bond donors (Lipinski definition) is 2. The number of carbonyl (C=O) groups is 1. The lowest BCUT2D eigenvalue weighted by Crippen LogP contribution is -2.12. The first-order valence-corrected chi connectivity index (χ1v) is 5.64. The van der Waals surface area contributed by atoms with Crippen molar-refractivity contribution in [2.45, 2.75) is 0 Å².